The third-order valence-electron chi connectivity index (χ3n) is 3.71. The Morgan fingerprint density at radius 1 is 1.37 bits per heavy atom. The minimum atomic E-state index is 0.701. The van der Waals surface area contributed by atoms with Gasteiger partial charge in [0.05, 0.1) is 6.61 Å². The van der Waals surface area contributed by atoms with Crippen molar-refractivity contribution in [3.05, 3.63) is 27.7 Å². The Kier molecular flexibility index (Phi) is 5.71. The van der Waals surface area contributed by atoms with E-state index in [0.29, 0.717) is 5.92 Å². The summed E-state index contributed by atoms with van der Waals surface area (Å²) in [5, 5.41) is 3.48. The molecule has 0 saturated carbocycles. The van der Waals surface area contributed by atoms with Crippen LogP contribution in [0.15, 0.2) is 16.6 Å². The van der Waals surface area contributed by atoms with Crippen molar-refractivity contribution in [2.75, 3.05) is 19.7 Å². The maximum atomic E-state index is 5.83. The number of halogens is 1. The zero-order valence-electron chi connectivity index (χ0n) is 12.0. The molecule has 0 amide bonds. The van der Waals surface area contributed by atoms with Crippen molar-refractivity contribution in [3.8, 4) is 5.75 Å². The molecule has 106 valence electrons. The second-order valence-corrected chi connectivity index (χ2v) is 6.23. The van der Waals surface area contributed by atoms with E-state index in [1.165, 1.54) is 28.4 Å². The van der Waals surface area contributed by atoms with Gasteiger partial charge in [-0.05, 0) is 55.1 Å². The lowest BCUT2D eigenvalue weighted by Crippen LogP contribution is -2.24. The Morgan fingerprint density at radius 3 is 2.95 bits per heavy atom. The van der Waals surface area contributed by atoms with Crippen LogP contribution in [0.1, 0.15) is 37.8 Å². The Hall–Kier alpha value is -0.540. The summed E-state index contributed by atoms with van der Waals surface area (Å²) in [6, 6.07) is 4.43. The Balaban J connectivity index is 2.12. The Morgan fingerprint density at radius 2 is 2.21 bits per heavy atom. The molecule has 1 heterocycles. The zero-order valence-corrected chi connectivity index (χ0v) is 13.6. The average Bonchev–Trinajstić information content (AvgIpc) is 2.84. The third-order valence-corrected chi connectivity index (χ3v) is 4.17. The third kappa shape index (κ3) is 3.96. The first-order valence-electron chi connectivity index (χ1n) is 7.39. The first kappa shape index (κ1) is 14.9. The number of rotatable bonds is 7. The highest BCUT2D eigenvalue weighted by molar-refractivity contribution is 9.10. The minimum absolute atomic E-state index is 0.701. The molecule has 0 radical (unpaired) electrons. The van der Waals surface area contributed by atoms with E-state index in [9.17, 15) is 0 Å². The summed E-state index contributed by atoms with van der Waals surface area (Å²) in [5.74, 6) is 1.85. The molecule has 1 atom stereocenters. The molecule has 1 unspecified atom stereocenters. The molecule has 2 nitrogen and oxygen atoms in total. The molecule has 3 heteroatoms. The molecular weight excluding hydrogens is 302 g/mol. The summed E-state index contributed by atoms with van der Waals surface area (Å²) < 4.78 is 7.01. The fourth-order valence-electron chi connectivity index (χ4n) is 2.84. The maximum Gasteiger partial charge on any atom is 0.125 e. The number of hydrogen-bond acceptors (Lipinski definition) is 2. The summed E-state index contributed by atoms with van der Waals surface area (Å²) in [6.45, 7) is 7.42. The number of fused-ring (bicyclic) bond motifs is 1. The second kappa shape index (κ2) is 7.30. The SMILES string of the molecule is CCCC(CNCC)Cc1cc(Br)cc2c1OCC2. The molecule has 1 aliphatic rings. The largest absolute Gasteiger partial charge is 0.493 e. The van der Waals surface area contributed by atoms with E-state index in [-0.39, 0.29) is 0 Å². The van der Waals surface area contributed by atoms with Crippen molar-refractivity contribution < 1.29 is 4.74 Å². The average molecular weight is 326 g/mol. The van der Waals surface area contributed by atoms with Gasteiger partial charge in [0.15, 0.2) is 0 Å². The highest BCUT2D eigenvalue weighted by atomic mass is 79.9. The Bertz CT molecular complexity index is 419. The van der Waals surface area contributed by atoms with Gasteiger partial charge in [-0.15, -0.1) is 0 Å². The minimum Gasteiger partial charge on any atom is -0.493 e. The first-order valence-corrected chi connectivity index (χ1v) is 8.18. The summed E-state index contributed by atoms with van der Waals surface area (Å²) in [7, 11) is 0. The molecule has 2 rings (SSSR count). The number of nitrogens with one attached hydrogen (secondary N) is 1. The lowest BCUT2D eigenvalue weighted by Gasteiger charge is -2.18. The maximum absolute atomic E-state index is 5.83. The van der Waals surface area contributed by atoms with Crippen LogP contribution in [0, 0.1) is 5.92 Å². The highest BCUT2D eigenvalue weighted by Gasteiger charge is 2.19. The smallest absolute Gasteiger partial charge is 0.125 e. The first-order chi connectivity index (χ1) is 9.24. The van der Waals surface area contributed by atoms with Gasteiger partial charge in [0.1, 0.15) is 5.75 Å². The van der Waals surface area contributed by atoms with Gasteiger partial charge in [-0.1, -0.05) is 36.2 Å². The predicted molar refractivity (Wildman–Crippen MR) is 84.0 cm³/mol. The molecule has 0 aliphatic carbocycles. The summed E-state index contributed by atoms with van der Waals surface area (Å²) in [6.07, 6.45) is 4.68. The van der Waals surface area contributed by atoms with Crippen LogP contribution in [0.25, 0.3) is 0 Å². The van der Waals surface area contributed by atoms with Gasteiger partial charge in [0, 0.05) is 10.9 Å². The molecule has 19 heavy (non-hydrogen) atoms. The fraction of sp³-hybridized carbons (Fsp3) is 0.625. The van der Waals surface area contributed by atoms with Crippen molar-refractivity contribution in [2.24, 2.45) is 5.92 Å². The van der Waals surface area contributed by atoms with E-state index in [0.717, 1.165) is 38.3 Å². The zero-order chi connectivity index (χ0) is 13.7. The van der Waals surface area contributed by atoms with Gasteiger partial charge >= 0.3 is 0 Å². The van der Waals surface area contributed by atoms with Crippen molar-refractivity contribution in [1.82, 2.24) is 5.32 Å². The number of hydrogen-bond donors (Lipinski definition) is 1. The van der Waals surface area contributed by atoms with Crippen LogP contribution in [0.5, 0.6) is 5.75 Å². The fourth-order valence-corrected chi connectivity index (χ4v) is 3.39. The van der Waals surface area contributed by atoms with Crippen molar-refractivity contribution >= 4 is 15.9 Å². The van der Waals surface area contributed by atoms with Crippen LogP contribution < -0.4 is 10.1 Å². The van der Waals surface area contributed by atoms with Crippen LogP contribution in [0.2, 0.25) is 0 Å². The highest BCUT2D eigenvalue weighted by Crippen LogP contribution is 2.34. The summed E-state index contributed by atoms with van der Waals surface area (Å²) >= 11 is 3.63. The topological polar surface area (TPSA) is 21.3 Å². The van der Waals surface area contributed by atoms with Crippen LogP contribution >= 0.6 is 15.9 Å². The molecule has 1 N–H and O–H groups in total. The van der Waals surface area contributed by atoms with Crippen LogP contribution in [-0.2, 0) is 12.8 Å². The standard InChI is InChI=1S/C16H24BrNO/c1-3-5-12(11-18-4-2)8-14-10-15(17)9-13-6-7-19-16(13)14/h9-10,12,18H,3-8,11H2,1-2H3. The number of benzene rings is 1. The van der Waals surface area contributed by atoms with E-state index >= 15 is 0 Å². The van der Waals surface area contributed by atoms with E-state index in [4.69, 9.17) is 4.74 Å². The van der Waals surface area contributed by atoms with Crippen LogP contribution in [0.4, 0.5) is 0 Å². The summed E-state index contributed by atoms with van der Waals surface area (Å²) in [5.41, 5.74) is 2.74. The molecule has 0 spiro atoms. The van der Waals surface area contributed by atoms with Crippen molar-refractivity contribution in [1.29, 1.82) is 0 Å². The van der Waals surface area contributed by atoms with E-state index in [2.05, 4.69) is 47.2 Å². The second-order valence-electron chi connectivity index (χ2n) is 5.32. The van der Waals surface area contributed by atoms with E-state index in [1.807, 2.05) is 0 Å². The van der Waals surface area contributed by atoms with E-state index < -0.39 is 0 Å². The lowest BCUT2D eigenvalue weighted by atomic mass is 9.93. The van der Waals surface area contributed by atoms with Crippen molar-refractivity contribution in [3.63, 3.8) is 0 Å². The molecule has 0 fully saturated rings. The molecule has 0 saturated heterocycles. The molecule has 1 aliphatic heterocycles. The van der Waals surface area contributed by atoms with Crippen LogP contribution in [-0.4, -0.2) is 19.7 Å². The molecule has 0 aromatic heterocycles. The van der Waals surface area contributed by atoms with Gasteiger partial charge in [0.25, 0.3) is 0 Å². The quantitative estimate of drug-likeness (QED) is 0.819. The van der Waals surface area contributed by atoms with Gasteiger partial charge in [0.2, 0.25) is 0 Å². The predicted octanol–water partition coefficient (Wildman–Crippen LogP) is 3.95. The molecule has 0 bridgehead atoms. The normalized spacial score (nSPS) is 15.1. The molecule has 1 aromatic rings. The van der Waals surface area contributed by atoms with E-state index in [1.54, 1.807) is 0 Å². The monoisotopic (exact) mass is 325 g/mol. The summed E-state index contributed by atoms with van der Waals surface area (Å²) in [4.78, 5) is 0. The van der Waals surface area contributed by atoms with Gasteiger partial charge in [-0.25, -0.2) is 0 Å². The van der Waals surface area contributed by atoms with Gasteiger partial charge < -0.3 is 10.1 Å². The van der Waals surface area contributed by atoms with Crippen LogP contribution in [0.3, 0.4) is 0 Å². The van der Waals surface area contributed by atoms with Crippen molar-refractivity contribution in [2.45, 2.75) is 39.5 Å². The Labute approximate surface area is 125 Å². The lowest BCUT2D eigenvalue weighted by molar-refractivity contribution is 0.348. The van der Waals surface area contributed by atoms with Gasteiger partial charge in [-0.2, -0.15) is 0 Å². The molecule has 1 aromatic carbocycles. The van der Waals surface area contributed by atoms with Gasteiger partial charge in [-0.3, -0.25) is 0 Å². The molecular formula is C16H24BrNO. The number of ether oxygens (including phenoxy) is 1.